The molecule has 0 bridgehead atoms. The molecule has 0 aliphatic heterocycles. The molecule has 5 nitrogen and oxygen atoms in total. The number of ketones is 4. The number of benzene rings is 2. The number of rotatable bonds is 6. The monoisotopic (exact) mass is 362 g/mol. The quantitative estimate of drug-likeness (QED) is 0.583. The molecule has 0 N–H and O–H groups in total. The predicted molar refractivity (Wildman–Crippen MR) is 97.2 cm³/mol. The van der Waals surface area contributed by atoms with Crippen LogP contribution in [-0.2, 0) is 4.74 Å². The Morgan fingerprint density at radius 2 is 0.852 bits per heavy atom. The maximum atomic E-state index is 12.3. The topological polar surface area (TPSA) is 77.5 Å². The summed E-state index contributed by atoms with van der Waals surface area (Å²) in [6, 6.07) is 13.7. The van der Waals surface area contributed by atoms with Crippen LogP contribution in [0.2, 0.25) is 0 Å². The van der Waals surface area contributed by atoms with Crippen molar-refractivity contribution in [2.24, 2.45) is 11.8 Å². The summed E-state index contributed by atoms with van der Waals surface area (Å²) in [7, 11) is 0. The van der Waals surface area contributed by atoms with Gasteiger partial charge in [-0.05, 0) is 12.8 Å². The SMILES string of the molecule is O=C1c2ccccc2C(=O)C1CCOCCC1C(=O)c2ccccc2C1=O. The molecule has 136 valence electrons. The molecule has 0 fully saturated rings. The molecule has 0 aromatic heterocycles. The van der Waals surface area contributed by atoms with Gasteiger partial charge >= 0.3 is 0 Å². The van der Waals surface area contributed by atoms with Gasteiger partial charge in [-0.25, -0.2) is 0 Å². The molecule has 0 spiro atoms. The van der Waals surface area contributed by atoms with Crippen molar-refractivity contribution < 1.29 is 23.9 Å². The molecular weight excluding hydrogens is 344 g/mol. The van der Waals surface area contributed by atoms with Gasteiger partial charge in [0.15, 0.2) is 23.1 Å². The molecule has 0 saturated heterocycles. The highest BCUT2D eigenvalue weighted by Gasteiger charge is 2.39. The Morgan fingerprint density at radius 1 is 0.556 bits per heavy atom. The fourth-order valence-electron chi connectivity index (χ4n) is 3.84. The first-order chi connectivity index (χ1) is 13.1. The van der Waals surface area contributed by atoms with Crippen molar-refractivity contribution >= 4 is 23.1 Å². The average Bonchev–Trinajstić information content (AvgIpc) is 3.08. The van der Waals surface area contributed by atoms with Crippen LogP contribution >= 0.6 is 0 Å². The molecule has 0 saturated carbocycles. The maximum absolute atomic E-state index is 12.3. The van der Waals surface area contributed by atoms with Gasteiger partial charge in [-0.1, -0.05) is 48.5 Å². The second kappa shape index (κ2) is 7.00. The van der Waals surface area contributed by atoms with E-state index in [1.54, 1.807) is 48.5 Å². The van der Waals surface area contributed by atoms with Gasteiger partial charge in [0, 0.05) is 35.5 Å². The number of ether oxygens (including phenoxy) is 1. The van der Waals surface area contributed by atoms with E-state index in [9.17, 15) is 19.2 Å². The Labute approximate surface area is 156 Å². The third kappa shape index (κ3) is 2.94. The van der Waals surface area contributed by atoms with Crippen LogP contribution < -0.4 is 0 Å². The van der Waals surface area contributed by atoms with Crippen molar-refractivity contribution in [1.82, 2.24) is 0 Å². The Balaban J connectivity index is 1.28. The zero-order chi connectivity index (χ0) is 19.0. The molecule has 0 radical (unpaired) electrons. The van der Waals surface area contributed by atoms with E-state index < -0.39 is 11.8 Å². The van der Waals surface area contributed by atoms with E-state index >= 15 is 0 Å². The Kier molecular flexibility index (Phi) is 4.54. The largest absolute Gasteiger partial charge is 0.381 e. The molecule has 0 atom stereocenters. The van der Waals surface area contributed by atoms with Gasteiger partial charge in [0.2, 0.25) is 0 Å². The first-order valence-electron chi connectivity index (χ1n) is 9.02. The van der Waals surface area contributed by atoms with Crippen molar-refractivity contribution in [2.45, 2.75) is 12.8 Å². The lowest BCUT2D eigenvalue weighted by Gasteiger charge is -2.10. The zero-order valence-corrected chi connectivity index (χ0v) is 14.6. The molecule has 0 heterocycles. The molecular formula is C22H18O5. The standard InChI is InChI=1S/C22H18O5/c23-19-13-5-1-2-6-14(13)20(24)17(19)9-11-27-12-10-18-21(25)15-7-3-4-8-16(15)22(18)26/h1-8,17-18H,9-12H2. The summed E-state index contributed by atoms with van der Waals surface area (Å²) < 4.78 is 5.54. The van der Waals surface area contributed by atoms with Gasteiger partial charge in [-0.2, -0.15) is 0 Å². The van der Waals surface area contributed by atoms with Crippen molar-refractivity contribution in [3.63, 3.8) is 0 Å². The van der Waals surface area contributed by atoms with E-state index in [0.717, 1.165) is 0 Å². The molecule has 2 aromatic carbocycles. The normalized spacial score (nSPS) is 16.9. The number of fused-ring (bicyclic) bond motifs is 2. The van der Waals surface area contributed by atoms with Crippen LogP contribution in [-0.4, -0.2) is 36.3 Å². The number of carbonyl (C=O) groups is 4. The highest BCUT2D eigenvalue weighted by atomic mass is 16.5. The van der Waals surface area contributed by atoms with E-state index in [4.69, 9.17) is 4.74 Å². The second-order valence-electron chi connectivity index (χ2n) is 6.84. The number of hydrogen-bond acceptors (Lipinski definition) is 5. The summed E-state index contributed by atoms with van der Waals surface area (Å²) in [5, 5.41) is 0. The summed E-state index contributed by atoms with van der Waals surface area (Å²) in [5.41, 5.74) is 1.92. The van der Waals surface area contributed by atoms with E-state index in [0.29, 0.717) is 35.1 Å². The minimum atomic E-state index is -0.693. The van der Waals surface area contributed by atoms with Gasteiger partial charge in [0.25, 0.3) is 0 Å². The molecule has 2 aliphatic carbocycles. The third-order valence-electron chi connectivity index (χ3n) is 5.28. The zero-order valence-electron chi connectivity index (χ0n) is 14.6. The molecule has 2 aromatic rings. The summed E-state index contributed by atoms with van der Waals surface area (Å²) in [5.74, 6) is -2.01. The molecule has 27 heavy (non-hydrogen) atoms. The lowest BCUT2D eigenvalue weighted by Crippen LogP contribution is -2.20. The van der Waals surface area contributed by atoms with Crippen molar-refractivity contribution in [2.75, 3.05) is 13.2 Å². The number of carbonyl (C=O) groups excluding carboxylic acids is 4. The predicted octanol–water partition coefficient (Wildman–Crippen LogP) is 3.17. The molecule has 4 rings (SSSR count). The fraction of sp³-hybridized carbons (Fsp3) is 0.273. The lowest BCUT2D eigenvalue weighted by molar-refractivity contribution is 0.0702. The van der Waals surface area contributed by atoms with E-state index in [-0.39, 0.29) is 36.3 Å². The molecule has 2 aliphatic rings. The Morgan fingerprint density at radius 3 is 1.15 bits per heavy atom. The highest BCUT2D eigenvalue weighted by Crippen LogP contribution is 2.30. The van der Waals surface area contributed by atoms with Gasteiger partial charge in [-0.3, -0.25) is 19.2 Å². The van der Waals surface area contributed by atoms with Gasteiger partial charge in [-0.15, -0.1) is 0 Å². The van der Waals surface area contributed by atoms with Gasteiger partial charge in [0.05, 0.1) is 11.8 Å². The Hall–Kier alpha value is -2.92. The van der Waals surface area contributed by atoms with Crippen LogP contribution in [0.3, 0.4) is 0 Å². The smallest absolute Gasteiger partial charge is 0.174 e. The summed E-state index contributed by atoms with van der Waals surface area (Å²) in [6.45, 7) is 0.469. The van der Waals surface area contributed by atoms with Crippen LogP contribution in [0.4, 0.5) is 0 Å². The van der Waals surface area contributed by atoms with Gasteiger partial charge < -0.3 is 4.74 Å². The number of hydrogen-bond donors (Lipinski definition) is 0. The fourth-order valence-corrected chi connectivity index (χ4v) is 3.84. The molecule has 5 heteroatoms. The molecule has 0 amide bonds. The van der Waals surface area contributed by atoms with Crippen molar-refractivity contribution in [3.8, 4) is 0 Å². The van der Waals surface area contributed by atoms with E-state index in [1.807, 2.05) is 0 Å². The maximum Gasteiger partial charge on any atom is 0.174 e. The number of Topliss-reactive ketones (excluding diaryl/α,β-unsaturated/α-hetero) is 4. The highest BCUT2D eigenvalue weighted by molar-refractivity contribution is 6.27. The minimum absolute atomic E-state index is 0.157. The summed E-state index contributed by atoms with van der Waals surface area (Å²) >= 11 is 0. The van der Waals surface area contributed by atoms with Crippen LogP contribution in [0.5, 0.6) is 0 Å². The van der Waals surface area contributed by atoms with Crippen LogP contribution in [0.1, 0.15) is 54.3 Å². The van der Waals surface area contributed by atoms with E-state index in [2.05, 4.69) is 0 Å². The minimum Gasteiger partial charge on any atom is -0.381 e. The summed E-state index contributed by atoms with van der Waals surface area (Å²) in [6.07, 6.45) is 0.609. The summed E-state index contributed by atoms with van der Waals surface area (Å²) in [4.78, 5) is 49.3. The van der Waals surface area contributed by atoms with Crippen LogP contribution in [0.15, 0.2) is 48.5 Å². The first-order valence-corrected chi connectivity index (χ1v) is 9.02. The van der Waals surface area contributed by atoms with Crippen molar-refractivity contribution in [3.05, 3.63) is 70.8 Å². The Bertz CT molecular complexity index is 811. The second-order valence-corrected chi connectivity index (χ2v) is 6.84. The first kappa shape index (κ1) is 17.5. The van der Waals surface area contributed by atoms with E-state index in [1.165, 1.54) is 0 Å². The van der Waals surface area contributed by atoms with Gasteiger partial charge in [0.1, 0.15) is 0 Å². The third-order valence-corrected chi connectivity index (χ3v) is 5.28. The van der Waals surface area contributed by atoms with Crippen LogP contribution in [0, 0.1) is 11.8 Å². The van der Waals surface area contributed by atoms with Crippen LogP contribution in [0.25, 0.3) is 0 Å². The average molecular weight is 362 g/mol. The lowest BCUT2D eigenvalue weighted by atomic mass is 10.00. The van der Waals surface area contributed by atoms with Crippen molar-refractivity contribution in [1.29, 1.82) is 0 Å². The molecule has 0 unspecified atom stereocenters.